The summed E-state index contributed by atoms with van der Waals surface area (Å²) < 4.78 is 5.37. The Hall–Kier alpha value is -0.0800. The Kier molecular flexibility index (Phi) is 5.07. The summed E-state index contributed by atoms with van der Waals surface area (Å²) >= 11 is 0. The van der Waals surface area contributed by atoms with E-state index in [4.69, 9.17) is 4.74 Å². The van der Waals surface area contributed by atoms with Crippen molar-refractivity contribution in [2.24, 2.45) is 0 Å². The Bertz CT molecular complexity index is 173. The molecule has 1 N–H and O–H groups in total. The maximum Gasteiger partial charge on any atom is 0.0693 e. The fraction of sp³-hybridized carbons (Fsp3) is 1.00. The summed E-state index contributed by atoms with van der Waals surface area (Å²) in [6.45, 7) is 6.74. The minimum Gasteiger partial charge on any atom is -0.380 e. The van der Waals surface area contributed by atoms with Crippen molar-refractivity contribution in [2.75, 3.05) is 7.11 Å². The van der Waals surface area contributed by atoms with Gasteiger partial charge in [0.2, 0.25) is 0 Å². The Morgan fingerprint density at radius 3 is 2.07 bits per heavy atom. The topological polar surface area (TPSA) is 21.3 Å². The van der Waals surface area contributed by atoms with Gasteiger partial charge in [-0.1, -0.05) is 25.7 Å². The van der Waals surface area contributed by atoms with Crippen molar-refractivity contribution < 1.29 is 4.74 Å². The summed E-state index contributed by atoms with van der Waals surface area (Å²) in [4.78, 5) is 0. The monoisotopic (exact) mass is 213 g/mol. The first kappa shape index (κ1) is 13.0. The largest absolute Gasteiger partial charge is 0.380 e. The second-order valence-electron chi connectivity index (χ2n) is 5.35. The van der Waals surface area contributed by atoms with Crippen LogP contribution >= 0.6 is 0 Å². The third-order valence-corrected chi connectivity index (χ3v) is 3.86. The van der Waals surface area contributed by atoms with Gasteiger partial charge in [-0.25, -0.2) is 0 Å². The molecule has 0 heterocycles. The van der Waals surface area contributed by atoms with Crippen LogP contribution < -0.4 is 5.32 Å². The molecule has 1 rings (SSSR count). The van der Waals surface area contributed by atoms with Crippen molar-refractivity contribution in [3.8, 4) is 0 Å². The summed E-state index contributed by atoms with van der Waals surface area (Å²) in [5.41, 5.74) is 0.336. The standard InChI is InChI=1S/C13H27NO/c1-11(12(2)15-4)14-13(3)9-7-5-6-8-10-13/h11-12,14H,5-10H2,1-4H3. The van der Waals surface area contributed by atoms with Gasteiger partial charge in [0.1, 0.15) is 0 Å². The van der Waals surface area contributed by atoms with Crippen LogP contribution in [0.5, 0.6) is 0 Å². The smallest absolute Gasteiger partial charge is 0.0693 e. The summed E-state index contributed by atoms with van der Waals surface area (Å²) in [7, 11) is 1.79. The fourth-order valence-electron chi connectivity index (χ4n) is 2.52. The molecule has 2 unspecified atom stereocenters. The highest BCUT2D eigenvalue weighted by molar-refractivity contribution is 4.88. The van der Waals surface area contributed by atoms with E-state index in [0.29, 0.717) is 17.7 Å². The van der Waals surface area contributed by atoms with Crippen molar-refractivity contribution in [2.45, 2.75) is 77.0 Å². The summed E-state index contributed by atoms with van der Waals surface area (Å²) in [5, 5.41) is 3.76. The van der Waals surface area contributed by atoms with Crippen LogP contribution in [0.15, 0.2) is 0 Å². The van der Waals surface area contributed by atoms with Gasteiger partial charge in [0, 0.05) is 18.7 Å². The van der Waals surface area contributed by atoms with E-state index in [0.717, 1.165) is 0 Å². The average molecular weight is 213 g/mol. The first-order chi connectivity index (χ1) is 7.07. The van der Waals surface area contributed by atoms with Crippen molar-refractivity contribution >= 4 is 0 Å². The molecule has 0 radical (unpaired) electrons. The van der Waals surface area contributed by atoms with Gasteiger partial charge in [-0.3, -0.25) is 0 Å². The molecular weight excluding hydrogens is 186 g/mol. The number of hydrogen-bond donors (Lipinski definition) is 1. The van der Waals surface area contributed by atoms with Gasteiger partial charge in [0.05, 0.1) is 6.10 Å². The highest BCUT2D eigenvalue weighted by atomic mass is 16.5. The lowest BCUT2D eigenvalue weighted by molar-refractivity contribution is 0.0739. The molecule has 2 heteroatoms. The molecule has 90 valence electrons. The first-order valence-electron chi connectivity index (χ1n) is 6.38. The molecule has 0 bridgehead atoms. The Morgan fingerprint density at radius 1 is 1.07 bits per heavy atom. The van der Waals surface area contributed by atoms with Crippen LogP contribution in [0, 0.1) is 0 Å². The fourth-order valence-corrected chi connectivity index (χ4v) is 2.52. The number of hydrogen-bond acceptors (Lipinski definition) is 2. The molecule has 15 heavy (non-hydrogen) atoms. The minimum absolute atomic E-state index is 0.296. The summed E-state index contributed by atoms with van der Waals surface area (Å²) in [6.07, 6.45) is 8.48. The lowest BCUT2D eigenvalue weighted by Crippen LogP contribution is -2.50. The first-order valence-corrected chi connectivity index (χ1v) is 6.38. The lowest BCUT2D eigenvalue weighted by atomic mass is 9.91. The Morgan fingerprint density at radius 2 is 1.60 bits per heavy atom. The maximum atomic E-state index is 5.37. The second-order valence-corrected chi connectivity index (χ2v) is 5.35. The zero-order valence-electron chi connectivity index (χ0n) is 10.8. The van der Waals surface area contributed by atoms with Gasteiger partial charge in [-0.15, -0.1) is 0 Å². The van der Waals surface area contributed by atoms with Crippen molar-refractivity contribution in [3.05, 3.63) is 0 Å². The normalized spacial score (nSPS) is 25.6. The van der Waals surface area contributed by atoms with Gasteiger partial charge in [-0.05, 0) is 33.6 Å². The van der Waals surface area contributed by atoms with E-state index in [1.807, 2.05) is 0 Å². The summed E-state index contributed by atoms with van der Waals surface area (Å²) in [6, 6.07) is 0.443. The van der Waals surface area contributed by atoms with Crippen LogP contribution in [0.2, 0.25) is 0 Å². The molecule has 1 fully saturated rings. The molecule has 2 atom stereocenters. The van der Waals surface area contributed by atoms with E-state index in [1.54, 1.807) is 7.11 Å². The molecule has 0 aromatic carbocycles. The van der Waals surface area contributed by atoms with E-state index in [9.17, 15) is 0 Å². The van der Waals surface area contributed by atoms with Gasteiger partial charge >= 0.3 is 0 Å². The Labute approximate surface area is 94.8 Å². The summed E-state index contributed by atoms with van der Waals surface area (Å²) in [5.74, 6) is 0. The zero-order chi connectivity index (χ0) is 11.3. The predicted molar refractivity (Wildman–Crippen MR) is 65.2 cm³/mol. The number of rotatable bonds is 4. The minimum atomic E-state index is 0.296. The number of ether oxygens (including phenoxy) is 1. The maximum absolute atomic E-state index is 5.37. The second kappa shape index (κ2) is 5.86. The molecule has 1 aliphatic carbocycles. The van der Waals surface area contributed by atoms with E-state index in [2.05, 4.69) is 26.1 Å². The number of nitrogens with one attached hydrogen (secondary N) is 1. The highest BCUT2D eigenvalue weighted by Crippen LogP contribution is 2.27. The van der Waals surface area contributed by atoms with Gasteiger partial charge < -0.3 is 10.1 Å². The Balaban J connectivity index is 2.45. The zero-order valence-corrected chi connectivity index (χ0v) is 10.8. The molecule has 0 aromatic rings. The molecule has 2 nitrogen and oxygen atoms in total. The third kappa shape index (κ3) is 4.12. The van der Waals surface area contributed by atoms with Gasteiger partial charge in [-0.2, -0.15) is 0 Å². The van der Waals surface area contributed by atoms with Crippen LogP contribution in [0.3, 0.4) is 0 Å². The molecule has 1 saturated carbocycles. The SMILES string of the molecule is COC(C)C(C)NC1(C)CCCCCC1. The molecule has 0 amide bonds. The van der Waals surface area contributed by atoms with E-state index in [1.165, 1.54) is 38.5 Å². The predicted octanol–water partition coefficient (Wildman–Crippen LogP) is 3.11. The van der Waals surface area contributed by atoms with Crippen LogP contribution in [0.1, 0.15) is 59.3 Å². The van der Waals surface area contributed by atoms with Gasteiger partial charge in [0.15, 0.2) is 0 Å². The van der Waals surface area contributed by atoms with E-state index < -0.39 is 0 Å². The quantitative estimate of drug-likeness (QED) is 0.725. The van der Waals surface area contributed by atoms with E-state index in [-0.39, 0.29) is 0 Å². The molecular formula is C13H27NO. The number of methoxy groups -OCH3 is 1. The van der Waals surface area contributed by atoms with Crippen LogP contribution in [-0.4, -0.2) is 24.8 Å². The molecule has 0 saturated heterocycles. The van der Waals surface area contributed by atoms with Crippen molar-refractivity contribution in [1.82, 2.24) is 5.32 Å². The molecule has 0 spiro atoms. The highest BCUT2D eigenvalue weighted by Gasteiger charge is 2.28. The molecule has 0 aliphatic heterocycles. The van der Waals surface area contributed by atoms with Crippen molar-refractivity contribution in [3.63, 3.8) is 0 Å². The molecule has 0 aromatic heterocycles. The van der Waals surface area contributed by atoms with Crippen LogP contribution in [0.25, 0.3) is 0 Å². The third-order valence-electron chi connectivity index (χ3n) is 3.86. The van der Waals surface area contributed by atoms with Crippen LogP contribution in [-0.2, 0) is 4.74 Å². The van der Waals surface area contributed by atoms with E-state index >= 15 is 0 Å². The van der Waals surface area contributed by atoms with Crippen LogP contribution in [0.4, 0.5) is 0 Å². The van der Waals surface area contributed by atoms with Crippen molar-refractivity contribution in [1.29, 1.82) is 0 Å². The van der Waals surface area contributed by atoms with Gasteiger partial charge in [0.25, 0.3) is 0 Å². The molecule has 1 aliphatic rings. The lowest BCUT2D eigenvalue weighted by Gasteiger charge is -2.35. The average Bonchev–Trinajstić information content (AvgIpc) is 2.41.